The number of carbonyl (C=O) groups is 2. The second-order valence-electron chi connectivity index (χ2n) is 23.1. The van der Waals surface area contributed by atoms with Gasteiger partial charge in [-0.25, -0.2) is 19.6 Å². The molecule has 0 bridgehead atoms. The number of halogens is 4. The number of hydrogen-bond acceptors (Lipinski definition) is 12. The molecular formula is C60H77BClF3N12O6. The molecule has 5 aliphatic rings. The third-order valence-electron chi connectivity index (χ3n) is 16.3. The van der Waals surface area contributed by atoms with Crippen LogP contribution in [0.5, 0.6) is 0 Å². The zero-order valence-corrected chi connectivity index (χ0v) is 49.8. The van der Waals surface area contributed by atoms with Crippen molar-refractivity contribution in [1.29, 1.82) is 0 Å². The average Bonchev–Trinajstić information content (AvgIpc) is 4.19. The normalized spacial score (nSPS) is 19.5. The van der Waals surface area contributed by atoms with Gasteiger partial charge < -0.3 is 49.0 Å². The molecule has 4 amide bonds. The highest BCUT2D eigenvalue weighted by atomic mass is 35.5. The molecule has 0 spiro atoms. The lowest BCUT2D eigenvalue weighted by molar-refractivity contribution is -0.143. The van der Waals surface area contributed by atoms with Crippen LogP contribution in [-0.2, 0) is 32.9 Å². The fourth-order valence-corrected chi connectivity index (χ4v) is 10.9. The van der Waals surface area contributed by atoms with E-state index in [1.807, 2.05) is 133 Å². The summed E-state index contributed by atoms with van der Waals surface area (Å²) >= 11 is 6.36. The summed E-state index contributed by atoms with van der Waals surface area (Å²) in [7, 11) is 3.39. The van der Waals surface area contributed by atoms with Crippen molar-refractivity contribution < 1.29 is 41.5 Å². The van der Waals surface area contributed by atoms with Crippen molar-refractivity contribution in [2.45, 2.75) is 91.5 Å². The van der Waals surface area contributed by atoms with Gasteiger partial charge in [0.05, 0.1) is 48.9 Å². The van der Waals surface area contributed by atoms with Crippen molar-refractivity contribution in [2.75, 3.05) is 99.2 Å². The number of ether oxygens (including phenoxy) is 2. The van der Waals surface area contributed by atoms with Gasteiger partial charge >= 0.3 is 25.4 Å². The van der Waals surface area contributed by atoms with Crippen molar-refractivity contribution >= 4 is 59.4 Å². The Kier molecular flexibility index (Phi) is 19.1. The van der Waals surface area contributed by atoms with Crippen LogP contribution in [-0.4, -0.2) is 155 Å². The van der Waals surface area contributed by atoms with Gasteiger partial charge in [0.1, 0.15) is 22.5 Å². The molecule has 18 nitrogen and oxygen atoms in total. The van der Waals surface area contributed by atoms with Crippen LogP contribution < -0.4 is 26.0 Å². The number of alkyl halides is 3. The third-order valence-corrected chi connectivity index (χ3v) is 16.5. The summed E-state index contributed by atoms with van der Waals surface area (Å²) in [5, 5.41) is 15.2. The molecule has 0 saturated carbocycles. The molecule has 23 heteroatoms. The Hall–Kier alpha value is -6.72. The molecule has 4 aromatic heterocycles. The van der Waals surface area contributed by atoms with Gasteiger partial charge in [0.15, 0.2) is 0 Å². The van der Waals surface area contributed by atoms with Crippen LogP contribution in [0.4, 0.5) is 45.8 Å². The number of anilines is 4. The Morgan fingerprint density at radius 2 is 1.14 bits per heavy atom. The number of nitrogens with zero attached hydrogens (tertiary/aromatic N) is 10. The number of nitrogens with one attached hydrogen (secondary N) is 2. The van der Waals surface area contributed by atoms with Crippen LogP contribution in [0.15, 0.2) is 85.2 Å². The monoisotopic (exact) mass is 1160 g/mol. The van der Waals surface area contributed by atoms with Gasteiger partial charge in [0.2, 0.25) is 0 Å². The highest BCUT2D eigenvalue weighted by Crippen LogP contribution is 2.38. The number of benzene rings is 2. The van der Waals surface area contributed by atoms with Gasteiger partial charge in [-0.3, -0.25) is 9.36 Å². The molecule has 444 valence electrons. The van der Waals surface area contributed by atoms with E-state index in [0.717, 1.165) is 120 Å². The summed E-state index contributed by atoms with van der Waals surface area (Å²) in [5.41, 5.74) is 9.14. The van der Waals surface area contributed by atoms with Gasteiger partial charge in [-0.1, -0.05) is 37.1 Å². The number of pyridine rings is 2. The Balaban J connectivity index is 0.000000163. The maximum Gasteiger partial charge on any atom is 0.516 e. The van der Waals surface area contributed by atoms with Crippen LogP contribution in [0.3, 0.4) is 0 Å². The van der Waals surface area contributed by atoms with E-state index in [0.29, 0.717) is 56.2 Å². The Labute approximate surface area is 490 Å². The molecular weight excluding hydrogens is 1090 g/mol. The van der Waals surface area contributed by atoms with E-state index < -0.39 is 18.5 Å². The fourth-order valence-electron chi connectivity index (χ4n) is 10.7. The summed E-state index contributed by atoms with van der Waals surface area (Å²) in [6.07, 6.45) is 1.23. The number of morpholine rings is 2. The molecule has 6 aromatic rings. The van der Waals surface area contributed by atoms with Crippen LogP contribution in [0, 0.1) is 25.7 Å². The molecule has 5 saturated heterocycles. The van der Waals surface area contributed by atoms with Gasteiger partial charge in [-0.15, -0.1) is 0 Å². The number of hydrogen-bond donors (Lipinski definition) is 2. The second kappa shape index (κ2) is 26.0. The number of carbonyl (C=O) groups excluding carboxylic acids is 2. The Morgan fingerprint density at radius 1 is 0.651 bits per heavy atom. The van der Waals surface area contributed by atoms with Gasteiger partial charge in [0.25, 0.3) is 0 Å². The highest BCUT2D eigenvalue weighted by molar-refractivity contribution is 6.61. The van der Waals surface area contributed by atoms with Crippen molar-refractivity contribution in [1.82, 2.24) is 39.3 Å². The predicted molar refractivity (Wildman–Crippen MR) is 319 cm³/mol. The lowest BCUT2D eigenvalue weighted by atomic mass is 9.85. The number of aryl methyl sites for hydroxylation is 4. The summed E-state index contributed by atoms with van der Waals surface area (Å²) in [5.74, 6) is 1.74. The number of aromatic nitrogens is 6. The summed E-state index contributed by atoms with van der Waals surface area (Å²) in [6, 6.07) is 23.0. The molecule has 2 N–H and O–H groups in total. The Morgan fingerprint density at radius 3 is 1.63 bits per heavy atom. The SMILES string of the molecule is CC[C@@H]1CCN(C(=O)Nc2ccc(C)c(-c3cc(Cl)nc(N4CCOCC4)c3)c2)C1.Cc1ccc(NC(=O)N2CC[C@@H](CC(F)(F)F)C2)cc1-c1cc(-c2ccn(C)n2)nc(N2CCOCC2)c1.Cn1ccc(B2OC(C)(C)C(C)(C)O2)n1. The minimum absolute atomic E-state index is 0.0254. The fraction of sp³-hybridized carbons (Fsp3) is 0.500. The first kappa shape index (κ1) is 60.9. The first-order valence-corrected chi connectivity index (χ1v) is 29.0. The van der Waals surface area contributed by atoms with Gasteiger partial charge in [-0.05, 0) is 160 Å². The van der Waals surface area contributed by atoms with E-state index in [1.165, 1.54) is 4.90 Å². The largest absolute Gasteiger partial charge is 0.516 e. The minimum atomic E-state index is -4.22. The van der Waals surface area contributed by atoms with Crippen molar-refractivity contribution in [3.8, 4) is 33.6 Å². The predicted octanol–water partition coefficient (Wildman–Crippen LogP) is 10.6. The van der Waals surface area contributed by atoms with Crippen LogP contribution in [0.2, 0.25) is 5.15 Å². The van der Waals surface area contributed by atoms with Gasteiger partial charge in [0, 0.05) is 96.6 Å². The molecule has 9 heterocycles. The summed E-state index contributed by atoms with van der Waals surface area (Å²) in [6.45, 7) is 22.2. The number of amides is 4. The maximum atomic E-state index is 12.9. The molecule has 5 aliphatic heterocycles. The van der Waals surface area contributed by atoms with E-state index in [-0.39, 0.29) is 36.9 Å². The summed E-state index contributed by atoms with van der Waals surface area (Å²) < 4.78 is 64.5. The molecule has 5 fully saturated rings. The number of urea groups is 2. The second-order valence-corrected chi connectivity index (χ2v) is 23.4. The maximum absolute atomic E-state index is 12.9. The molecule has 0 unspecified atom stereocenters. The van der Waals surface area contributed by atoms with Crippen molar-refractivity contribution in [3.05, 3.63) is 101 Å². The summed E-state index contributed by atoms with van der Waals surface area (Å²) in [4.78, 5) is 42.7. The van der Waals surface area contributed by atoms with Crippen LogP contribution in [0.1, 0.15) is 71.4 Å². The van der Waals surface area contributed by atoms with E-state index in [1.54, 1.807) is 9.36 Å². The minimum Gasteiger partial charge on any atom is -0.398 e. The van der Waals surface area contributed by atoms with Gasteiger partial charge in [-0.2, -0.15) is 23.4 Å². The van der Waals surface area contributed by atoms with Crippen molar-refractivity contribution in [3.63, 3.8) is 0 Å². The average molecular weight is 1170 g/mol. The molecule has 0 radical (unpaired) electrons. The molecule has 83 heavy (non-hydrogen) atoms. The lowest BCUT2D eigenvalue weighted by Crippen LogP contribution is -2.41. The molecule has 11 rings (SSSR count). The first-order chi connectivity index (χ1) is 39.5. The van der Waals surface area contributed by atoms with E-state index >= 15 is 0 Å². The number of rotatable bonds is 10. The zero-order chi connectivity index (χ0) is 59.2. The quantitative estimate of drug-likeness (QED) is 0.0985. The zero-order valence-electron chi connectivity index (χ0n) is 49.1. The van der Waals surface area contributed by atoms with E-state index in [9.17, 15) is 22.8 Å². The van der Waals surface area contributed by atoms with Crippen molar-refractivity contribution in [2.24, 2.45) is 25.9 Å². The van der Waals surface area contributed by atoms with E-state index in [4.69, 9.17) is 35.4 Å². The lowest BCUT2D eigenvalue weighted by Gasteiger charge is -2.32. The molecule has 2 aromatic carbocycles. The van der Waals surface area contributed by atoms with E-state index in [2.05, 4.69) is 55.5 Å². The highest BCUT2D eigenvalue weighted by Gasteiger charge is 2.52. The smallest absolute Gasteiger partial charge is 0.398 e. The van der Waals surface area contributed by atoms with Crippen LogP contribution in [0.25, 0.3) is 33.6 Å². The first-order valence-electron chi connectivity index (χ1n) is 28.6. The number of likely N-dealkylation sites (tertiary alicyclic amines) is 2. The molecule has 2 atom stereocenters. The standard InChI is InChI=1S/C27H31F3N6O2.C23H29ClN4O2.C10H17BN2O2/c1-18-3-4-21(31-26(37)36-8-5-19(17-36)16-27(28,29)30)15-22(18)20-13-24(23-6-7-34(2)33-23)32-25(14-20)35-9-11-38-12-10-35;1-3-17-6-7-28(15-17)23(29)25-19-5-4-16(2)20(14-19)18-12-21(24)26-22(13-18)27-8-10-30-11-9-27;1-9(2)10(3,4)15-11(14-9)8-6-7-13(5)12-8/h3-4,6-7,13-15,19H,5,8-12,16-17H2,1-2H3,(H,31,37);4-5,12-14,17H,3,6-11,15H2,1-2H3,(H,25,29);6-7H,1-5H3/t19-;17-;/m01./s1. The third kappa shape index (κ3) is 15.5. The molecule has 0 aliphatic carbocycles. The topological polar surface area (TPSA) is 170 Å². The van der Waals surface area contributed by atoms with Crippen LogP contribution >= 0.6 is 11.6 Å². The Bertz CT molecular complexity index is 3200.